The van der Waals surface area contributed by atoms with E-state index in [1.165, 1.54) is 6.42 Å². The van der Waals surface area contributed by atoms with Gasteiger partial charge in [0.2, 0.25) is 0 Å². The number of benzene rings is 1. The van der Waals surface area contributed by atoms with Crippen LogP contribution in [0.2, 0.25) is 0 Å². The molecule has 31 heavy (non-hydrogen) atoms. The Morgan fingerprint density at radius 1 is 1.13 bits per heavy atom. The maximum Gasteiger partial charge on any atom is 0.259 e. The zero-order valence-electron chi connectivity index (χ0n) is 17.5. The first kappa shape index (κ1) is 19.5. The van der Waals surface area contributed by atoms with Crippen LogP contribution in [-0.4, -0.2) is 31.9 Å². The van der Waals surface area contributed by atoms with Crippen molar-refractivity contribution in [2.24, 2.45) is 0 Å². The highest BCUT2D eigenvalue weighted by Gasteiger charge is 2.24. The van der Waals surface area contributed by atoms with Crippen LogP contribution in [0.1, 0.15) is 49.4 Å². The molecule has 4 aromatic rings. The molecule has 7 heteroatoms. The van der Waals surface area contributed by atoms with E-state index in [9.17, 15) is 4.79 Å². The number of hydrogen-bond acceptors (Lipinski definition) is 5. The van der Waals surface area contributed by atoms with Gasteiger partial charge in [-0.15, -0.1) is 0 Å². The molecule has 3 aromatic heterocycles. The molecule has 0 radical (unpaired) electrons. The van der Waals surface area contributed by atoms with Gasteiger partial charge in [0.15, 0.2) is 0 Å². The summed E-state index contributed by atoms with van der Waals surface area (Å²) in [7, 11) is 0. The van der Waals surface area contributed by atoms with Gasteiger partial charge in [0.1, 0.15) is 11.4 Å². The molecule has 1 amide bonds. The van der Waals surface area contributed by atoms with E-state index in [-0.39, 0.29) is 11.9 Å². The van der Waals surface area contributed by atoms with E-state index in [2.05, 4.69) is 20.6 Å². The fourth-order valence-corrected chi connectivity index (χ4v) is 4.24. The Labute approximate surface area is 180 Å². The molecule has 1 fully saturated rings. The monoisotopic (exact) mass is 415 g/mol. The molecular formula is C24H25N5O2. The van der Waals surface area contributed by atoms with Crippen LogP contribution >= 0.6 is 0 Å². The third kappa shape index (κ3) is 3.83. The topological polar surface area (TPSA) is 85.8 Å². The fraction of sp³-hybridized carbons (Fsp3) is 0.333. The van der Waals surface area contributed by atoms with Gasteiger partial charge in [-0.05, 0) is 31.9 Å². The summed E-state index contributed by atoms with van der Waals surface area (Å²) < 4.78 is 7.44. The molecule has 1 aromatic carbocycles. The van der Waals surface area contributed by atoms with E-state index in [0.29, 0.717) is 33.7 Å². The lowest BCUT2D eigenvalue weighted by atomic mass is 9.95. The van der Waals surface area contributed by atoms with Crippen LogP contribution in [0.15, 0.2) is 53.2 Å². The van der Waals surface area contributed by atoms with Crippen LogP contribution in [0, 0.1) is 0 Å². The fourth-order valence-electron chi connectivity index (χ4n) is 4.24. The summed E-state index contributed by atoms with van der Waals surface area (Å²) >= 11 is 0. The average Bonchev–Trinajstić information content (AvgIpc) is 3.47. The Bertz CT molecular complexity index is 1210. The van der Waals surface area contributed by atoms with Gasteiger partial charge in [-0.1, -0.05) is 54.8 Å². The molecule has 0 spiro atoms. The van der Waals surface area contributed by atoms with E-state index in [1.807, 2.05) is 60.3 Å². The SMILES string of the molecule is CCn1ccc(-c2cc(C(=O)NC3CCCCC3)c3c(-c4ccccc4)noc3n2)n1. The van der Waals surface area contributed by atoms with Crippen LogP contribution in [0.25, 0.3) is 33.7 Å². The lowest BCUT2D eigenvalue weighted by Crippen LogP contribution is -2.36. The Morgan fingerprint density at radius 3 is 2.68 bits per heavy atom. The Hall–Kier alpha value is -3.48. The summed E-state index contributed by atoms with van der Waals surface area (Å²) in [5, 5.41) is 12.7. The van der Waals surface area contributed by atoms with Crippen molar-refractivity contribution in [1.29, 1.82) is 0 Å². The Kier molecular flexibility index (Phi) is 5.24. The second-order valence-electron chi connectivity index (χ2n) is 8.00. The molecule has 1 aliphatic carbocycles. The molecule has 1 saturated carbocycles. The lowest BCUT2D eigenvalue weighted by Gasteiger charge is -2.23. The van der Waals surface area contributed by atoms with E-state index >= 15 is 0 Å². The van der Waals surface area contributed by atoms with Gasteiger partial charge in [-0.25, -0.2) is 4.98 Å². The van der Waals surface area contributed by atoms with Crippen molar-refractivity contribution in [3.05, 3.63) is 54.2 Å². The molecule has 0 atom stereocenters. The zero-order valence-corrected chi connectivity index (χ0v) is 17.5. The summed E-state index contributed by atoms with van der Waals surface area (Å²) in [6, 6.07) is 13.7. The molecule has 0 aliphatic heterocycles. The molecule has 1 N–H and O–H groups in total. The van der Waals surface area contributed by atoms with Crippen molar-refractivity contribution in [2.45, 2.75) is 51.6 Å². The average molecular weight is 415 g/mol. The molecule has 0 bridgehead atoms. The van der Waals surface area contributed by atoms with Crippen LogP contribution in [-0.2, 0) is 6.54 Å². The van der Waals surface area contributed by atoms with Gasteiger partial charge < -0.3 is 9.84 Å². The Morgan fingerprint density at radius 2 is 1.94 bits per heavy atom. The normalized spacial score (nSPS) is 14.7. The van der Waals surface area contributed by atoms with Gasteiger partial charge in [0.25, 0.3) is 11.6 Å². The molecule has 158 valence electrons. The minimum Gasteiger partial charge on any atom is -0.349 e. The van der Waals surface area contributed by atoms with Crippen molar-refractivity contribution >= 4 is 17.0 Å². The van der Waals surface area contributed by atoms with Crippen LogP contribution < -0.4 is 5.32 Å². The highest BCUT2D eigenvalue weighted by Crippen LogP contribution is 2.32. The van der Waals surface area contributed by atoms with Crippen molar-refractivity contribution < 1.29 is 9.32 Å². The summed E-state index contributed by atoms with van der Waals surface area (Å²) in [4.78, 5) is 18.1. The van der Waals surface area contributed by atoms with Crippen molar-refractivity contribution in [3.8, 4) is 22.6 Å². The standard InChI is InChI=1S/C24H25N5O2/c1-2-29-14-13-19(27-29)20-15-18(23(30)25-17-11-7-4-8-12-17)21-22(28-31-24(21)26-20)16-9-5-3-6-10-16/h3,5-6,9-10,13-15,17H,2,4,7-8,11-12H2,1H3,(H,25,30). The van der Waals surface area contributed by atoms with Crippen molar-refractivity contribution in [2.75, 3.05) is 0 Å². The minimum atomic E-state index is -0.115. The van der Waals surface area contributed by atoms with Crippen LogP contribution in [0.4, 0.5) is 0 Å². The summed E-state index contributed by atoms with van der Waals surface area (Å²) in [5.41, 5.74) is 3.69. The number of fused-ring (bicyclic) bond motifs is 1. The first-order chi connectivity index (χ1) is 15.2. The van der Waals surface area contributed by atoms with Gasteiger partial charge in [0.05, 0.1) is 16.6 Å². The maximum absolute atomic E-state index is 13.4. The number of nitrogens with one attached hydrogen (secondary N) is 1. The smallest absolute Gasteiger partial charge is 0.259 e. The third-order valence-electron chi connectivity index (χ3n) is 5.91. The number of aromatic nitrogens is 4. The number of nitrogens with zero attached hydrogens (tertiary/aromatic N) is 4. The van der Waals surface area contributed by atoms with Crippen LogP contribution in [0.5, 0.6) is 0 Å². The second-order valence-corrected chi connectivity index (χ2v) is 8.00. The largest absolute Gasteiger partial charge is 0.349 e. The molecular weight excluding hydrogens is 390 g/mol. The molecule has 5 rings (SSSR count). The van der Waals surface area contributed by atoms with E-state index < -0.39 is 0 Å². The lowest BCUT2D eigenvalue weighted by molar-refractivity contribution is 0.0929. The third-order valence-corrected chi connectivity index (χ3v) is 5.91. The van der Waals surface area contributed by atoms with E-state index in [4.69, 9.17) is 4.52 Å². The van der Waals surface area contributed by atoms with Gasteiger partial charge in [-0.2, -0.15) is 5.10 Å². The summed E-state index contributed by atoms with van der Waals surface area (Å²) in [5.74, 6) is -0.115. The molecule has 1 aliphatic rings. The number of carbonyl (C=O) groups is 1. The number of rotatable bonds is 5. The summed E-state index contributed by atoms with van der Waals surface area (Å²) in [6.45, 7) is 2.79. The van der Waals surface area contributed by atoms with Crippen LogP contribution in [0.3, 0.4) is 0 Å². The number of amides is 1. The minimum absolute atomic E-state index is 0.115. The molecule has 7 nitrogen and oxygen atoms in total. The van der Waals surface area contributed by atoms with Crippen molar-refractivity contribution in [1.82, 2.24) is 25.2 Å². The molecule has 0 saturated heterocycles. The molecule has 3 heterocycles. The van der Waals surface area contributed by atoms with Gasteiger partial charge in [-0.3, -0.25) is 9.48 Å². The predicted octanol–water partition coefficient (Wildman–Crippen LogP) is 4.84. The quantitative estimate of drug-likeness (QED) is 0.504. The highest BCUT2D eigenvalue weighted by molar-refractivity contribution is 6.10. The summed E-state index contributed by atoms with van der Waals surface area (Å²) in [6.07, 6.45) is 7.47. The zero-order chi connectivity index (χ0) is 21.2. The van der Waals surface area contributed by atoms with Gasteiger partial charge >= 0.3 is 0 Å². The molecule has 0 unspecified atom stereocenters. The first-order valence-corrected chi connectivity index (χ1v) is 10.9. The number of hydrogen-bond donors (Lipinski definition) is 1. The van der Waals surface area contributed by atoms with E-state index in [0.717, 1.165) is 37.8 Å². The predicted molar refractivity (Wildman–Crippen MR) is 118 cm³/mol. The van der Waals surface area contributed by atoms with Gasteiger partial charge in [0, 0.05) is 24.3 Å². The maximum atomic E-state index is 13.4. The first-order valence-electron chi connectivity index (χ1n) is 10.9. The second kappa shape index (κ2) is 8.34. The van der Waals surface area contributed by atoms with E-state index in [1.54, 1.807) is 0 Å². The number of pyridine rings is 1. The number of carbonyl (C=O) groups excluding carboxylic acids is 1. The number of aryl methyl sites for hydroxylation is 1. The highest BCUT2D eigenvalue weighted by atomic mass is 16.5. The van der Waals surface area contributed by atoms with Crippen molar-refractivity contribution in [3.63, 3.8) is 0 Å². The Balaban J connectivity index is 1.62.